The first-order valence-corrected chi connectivity index (χ1v) is 21.3. The lowest BCUT2D eigenvalue weighted by Crippen LogP contribution is -2.13. The Balaban J connectivity index is 0.902. The summed E-state index contributed by atoms with van der Waals surface area (Å²) >= 11 is 0. The topological polar surface area (TPSA) is 17.1 Å². The van der Waals surface area contributed by atoms with E-state index < -0.39 is 0 Å². The van der Waals surface area contributed by atoms with Crippen LogP contribution < -0.4 is 0 Å². The summed E-state index contributed by atoms with van der Waals surface area (Å²) in [5.74, 6) is 4.02. The minimum atomic E-state index is 0.523. The molecule has 2 fully saturated rings. The van der Waals surface area contributed by atoms with Gasteiger partial charge in [-0.1, -0.05) is 139 Å². The van der Waals surface area contributed by atoms with E-state index in [4.69, 9.17) is 0 Å². The molecule has 0 heterocycles. The zero-order valence-corrected chi connectivity index (χ0v) is 31.6. The van der Waals surface area contributed by atoms with Crippen molar-refractivity contribution in [3.8, 4) is 0 Å². The molecule has 1 heteroatoms. The van der Waals surface area contributed by atoms with Crippen molar-refractivity contribution in [3.05, 3.63) is 70.8 Å². The minimum absolute atomic E-state index is 0.523. The van der Waals surface area contributed by atoms with Crippen LogP contribution in [0.25, 0.3) is 0 Å². The molecular weight excluding hydrogens is 581 g/mol. The van der Waals surface area contributed by atoms with Crippen molar-refractivity contribution in [2.24, 2.45) is 11.8 Å². The Morgan fingerprint density at radius 2 is 0.812 bits per heavy atom. The van der Waals surface area contributed by atoms with Gasteiger partial charge in [0.25, 0.3) is 0 Å². The second kappa shape index (κ2) is 23.5. The molecule has 4 rings (SSSR count). The molecule has 0 atom stereocenters. The molecule has 2 aliphatic rings. The lowest BCUT2D eigenvalue weighted by Gasteiger charge is -2.29. The highest BCUT2D eigenvalue weighted by atomic mass is 16.1. The molecule has 2 aliphatic carbocycles. The molecule has 0 spiro atoms. The zero-order valence-electron chi connectivity index (χ0n) is 31.6. The first kappa shape index (κ1) is 38.9. The van der Waals surface area contributed by atoms with Gasteiger partial charge in [-0.3, -0.25) is 4.79 Å². The lowest BCUT2D eigenvalue weighted by molar-refractivity contribution is -0.119. The van der Waals surface area contributed by atoms with E-state index in [1.54, 1.807) is 11.1 Å². The summed E-state index contributed by atoms with van der Waals surface area (Å²) in [6.07, 6.45) is 36.3. The fourth-order valence-electron chi connectivity index (χ4n) is 8.94. The van der Waals surface area contributed by atoms with Gasteiger partial charge in [0.2, 0.25) is 0 Å². The number of rotatable bonds is 24. The largest absolute Gasteiger partial charge is 0.300 e. The van der Waals surface area contributed by atoms with Gasteiger partial charge in [0.1, 0.15) is 5.78 Å². The van der Waals surface area contributed by atoms with Gasteiger partial charge in [0.15, 0.2) is 0 Å². The number of benzene rings is 2. The summed E-state index contributed by atoms with van der Waals surface area (Å²) in [6, 6.07) is 19.2. The molecule has 2 saturated carbocycles. The number of carbonyl (C=O) groups is 1. The molecule has 0 radical (unpaired) electrons. The summed E-state index contributed by atoms with van der Waals surface area (Å²) in [7, 11) is 0. The van der Waals surface area contributed by atoms with Crippen LogP contribution in [0.15, 0.2) is 48.5 Å². The Hall–Kier alpha value is -1.89. The first-order chi connectivity index (χ1) is 23.6. The van der Waals surface area contributed by atoms with Crippen LogP contribution in [0.1, 0.15) is 215 Å². The molecule has 1 nitrogen and oxygen atoms in total. The van der Waals surface area contributed by atoms with Crippen LogP contribution in [0.3, 0.4) is 0 Å². The number of hydrogen-bond acceptors (Lipinski definition) is 1. The monoisotopic (exact) mass is 655 g/mol. The van der Waals surface area contributed by atoms with E-state index in [0.717, 1.165) is 49.4 Å². The van der Waals surface area contributed by atoms with Crippen LogP contribution in [0, 0.1) is 11.8 Å². The average Bonchev–Trinajstić information content (AvgIpc) is 3.13. The van der Waals surface area contributed by atoms with E-state index in [1.807, 2.05) is 0 Å². The predicted octanol–water partition coefficient (Wildman–Crippen LogP) is 14.7. The Morgan fingerprint density at radius 3 is 1.19 bits per heavy atom. The van der Waals surface area contributed by atoms with E-state index in [9.17, 15) is 4.79 Å². The lowest BCUT2D eigenvalue weighted by atomic mass is 9.77. The number of ketones is 1. The van der Waals surface area contributed by atoms with Crippen molar-refractivity contribution in [2.45, 2.75) is 205 Å². The summed E-state index contributed by atoms with van der Waals surface area (Å²) in [6.45, 7) is 4.55. The van der Waals surface area contributed by atoms with Gasteiger partial charge in [-0.2, -0.15) is 0 Å². The summed E-state index contributed by atoms with van der Waals surface area (Å²) < 4.78 is 0. The molecular formula is C47H74O. The van der Waals surface area contributed by atoms with Gasteiger partial charge in [-0.15, -0.1) is 0 Å². The van der Waals surface area contributed by atoms with Gasteiger partial charge < -0.3 is 0 Å². The Labute approximate surface area is 297 Å². The number of aryl methyl sites for hydroxylation is 2. The highest BCUT2D eigenvalue weighted by molar-refractivity contribution is 5.78. The first-order valence-electron chi connectivity index (χ1n) is 21.3. The molecule has 48 heavy (non-hydrogen) atoms. The molecule has 2 aromatic rings. The van der Waals surface area contributed by atoms with E-state index in [-0.39, 0.29) is 0 Å². The third kappa shape index (κ3) is 14.9. The average molecular weight is 655 g/mol. The zero-order chi connectivity index (χ0) is 33.7. The quantitative estimate of drug-likeness (QED) is 0.103. The van der Waals surface area contributed by atoms with Crippen LogP contribution in [0.4, 0.5) is 0 Å². The molecule has 0 saturated heterocycles. The van der Waals surface area contributed by atoms with E-state index in [0.29, 0.717) is 5.78 Å². The normalized spacial score (nSPS) is 21.4. The fraction of sp³-hybridized carbons (Fsp3) is 0.723. The third-order valence-corrected chi connectivity index (χ3v) is 12.4. The number of unbranched alkanes of at least 4 members (excludes halogenated alkanes) is 10. The second-order valence-electron chi connectivity index (χ2n) is 16.3. The van der Waals surface area contributed by atoms with Crippen LogP contribution >= 0.6 is 0 Å². The van der Waals surface area contributed by atoms with Gasteiger partial charge >= 0.3 is 0 Å². The SMILES string of the molecule is CCCCc1ccc(C2CCC(CCCCCCCC(=O)CCCCCCC[C@H]3CC[C@H](c4ccc(CCCC)cc4)CC3)CC2)cc1. The van der Waals surface area contributed by atoms with Gasteiger partial charge in [-0.05, 0) is 136 Å². The molecule has 0 unspecified atom stereocenters. The Bertz CT molecular complexity index is 993. The Kier molecular flexibility index (Phi) is 19.0. The Morgan fingerprint density at radius 1 is 0.458 bits per heavy atom. The van der Waals surface area contributed by atoms with Gasteiger partial charge in [0.05, 0.1) is 0 Å². The molecule has 0 N–H and O–H groups in total. The summed E-state index contributed by atoms with van der Waals surface area (Å²) in [5.41, 5.74) is 6.19. The maximum Gasteiger partial charge on any atom is 0.132 e. The molecule has 0 aromatic heterocycles. The van der Waals surface area contributed by atoms with Crippen molar-refractivity contribution in [1.29, 1.82) is 0 Å². The maximum atomic E-state index is 12.4. The van der Waals surface area contributed by atoms with Gasteiger partial charge in [-0.25, -0.2) is 0 Å². The van der Waals surface area contributed by atoms with Crippen molar-refractivity contribution in [3.63, 3.8) is 0 Å². The molecule has 0 bridgehead atoms. The van der Waals surface area contributed by atoms with E-state index >= 15 is 0 Å². The van der Waals surface area contributed by atoms with Crippen molar-refractivity contribution < 1.29 is 4.79 Å². The van der Waals surface area contributed by atoms with Crippen LogP contribution in [-0.4, -0.2) is 5.78 Å². The molecule has 2 aromatic carbocycles. The van der Waals surface area contributed by atoms with Crippen LogP contribution in [0.5, 0.6) is 0 Å². The van der Waals surface area contributed by atoms with E-state index in [2.05, 4.69) is 62.4 Å². The molecule has 0 amide bonds. The van der Waals surface area contributed by atoms with E-state index in [1.165, 1.54) is 165 Å². The number of hydrogen-bond donors (Lipinski definition) is 0. The number of carbonyl (C=O) groups excluding carboxylic acids is 1. The minimum Gasteiger partial charge on any atom is -0.300 e. The van der Waals surface area contributed by atoms with Crippen molar-refractivity contribution in [1.82, 2.24) is 0 Å². The number of Topliss-reactive ketones (excluding diaryl/α,β-unsaturated/α-hetero) is 1. The van der Waals surface area contributed by atoms with Crippen LogP contribution in [0.2, 0.25) is 0 Å². The van der Waals surface area contributed by atoms with Crippen molar-refractivity contribution in [2.75, 3.05) is 0 Å². The molecule has 268 valence electrons. The molecule has 0 aliphatic heterocycles. The van der Waals surface area contributed by atoms with Gasteiger partial charge in [0, 0.05) is 12.8 Å². The predicted molar refractivity (Wildman–Crippen MR) is 209 cm³/mol. The van der Waals surface area contributed by atoms with Crippen LogP contribution in [-0.2, 0) is 17.6 Å². The smallest absolute Gasteiger partial charge is 0.132 e. The van der Waals surface area contributed by atoms with Crippen molar-refractivity contribution >= 4 is 5.78 Å². The highest BCUT2D eigenvalue weighted by Gasteiger charge is 2.23. The standard InChI is InChI=1S/C47H74O/c1-3-5-17-39-23-31-43(32-24-39)45-35-27-41(28-36-45)19-13-9-7-11-15-21-47(48)22-16-12-8-10-14-20-42-29-37-46(38-30-42)44-33-25-40(26-34-44)18-6-4-2/h23-26,31-34,41-42,45-46H,3-22,27-30,35-38H2,1-2H3/t41-,42?,45-,46?. The highest BCUT2D eigenvalue weighted by Crippen LogP contribution is 2.39. The second-order valence-corrected chi connectivity index (χ2v) is 16.3. The summed E-state index contributed by atoms with van der Waals surface area (Å²) in [4.78, 5) is 12.4. The fourth-order valence-corrected chi connectivity index (χ4v) is 8.94. The summed E-state index contributed by atoms with van der Waals surface area (Å²) in [5, 5.41) is 0. The maximum absolute atomic E-state index is 12.4. The third-order valence-electron chi connectivity index (χ3n) is 12.4.